The van der Waals surface area contributed by atoms with E-state index in [0.717, 1.165) is 13.1 Å². The van der Waals surface area contributed by atoms with Gasteiger partial charge < -0.3 is 18.8 Å². The predicted molar refractivity (Wildman–Crippen MR) is 93.9 cm³/mol. The smallest absolute Gasteiger partial charge is 0.203 e. The van der Waals surface area contributed by atoms with Gasteiger partial charge in [-0.15, -0.1) is 0 Å². The summed E-state index contributed by atoms with van der Waals surface area (Å²) in [4.78, 5) is 2.52. The van der Waals surface area contributed by atoms with Crippen LogP contribution in [0.3, 0.4) is 0 Å². The number of hydrogen-bond acceptors (Lipinski definition) is 4. The zero-order valence-corrected chi connectivity index (χ0v) is 14.9. The minimum absolute atomic E-state index is 0.462. The lowest BCUT2D eigenvalue weighted by molar-refractivity contribution is 0.240. The van der Waals surface area contributed by atoms with Crippen LogP contribution >= 0.6 is 0 Å². The zero-order valence-electron chi connectivity index (χ0n) is 14.9. The van der Waals surface area contributed by atoms with Crippen molar-refractivity contribution in [2.24, 2.45) is 7.05 Å². The largest absolute Gasteiger partial charge is 0.493 e. The first-order chi connectivity index (χ1) is 11.7. The quantitative estimate of drug-likeness (QED) is 0.813. The van der Waals surface area contributed by atoms with Crippen molar-refractivity contribution in [1.82, 2.24) is 9.47 Å². The normalized spacial score (nSPS) is 17.9. The highest BCUT2D eigenvalue weighted by molar-refractivity contribution is 5.53. The van der Waals surface area contributed by atoms with Gasteiger partial charge in [0.2, 0.25) is 5.75 Å². The van der Waals surface area contributed by atoms with Gasteiger partial charge in [0, 0.05) is 25.5 Å². The number of benzene rings is 1. The summed E-state index contributed by atoms with van der Waals surface area (Å²) in [7, 11) is 7.06. The summed E-state index contributed by atoms with van der Waals surface area (Å²) in [5.74, 6) is 2.06. The number of likely N-dealkylation sites (tertiary alicyclic amines) is 1. The molecule has 1 fully saturated rings. The highest BCUT2D eigenvalue weighted by Gasteiger charge is 2.28. The third-order valence-corrected chi connectivity index (χ3v) is 4.80. The molecule has 1 aromatic carbocycles. The van der Waals surface area contributed by atoms with E-state index in [0.29, 0.717) is 23.3 Å². The number of ether oxygens (including phenoxy) is 3. The molecular formula is C19H26N2O3. The lowest BCUT2D eigenvalue weighted by Crippen LogP contribution is -2.24. The topological polar surface area (TPSA) is 35.9 Å². The Hall–Kier alpha value is -2.14. The van der Waals surface area contributed by atoms with E-state index in [-0.39, 0.29) is 0 Å². The minimum atomic E-state index is 0.462. The van der Waals surface area contributed by atoms with Gasteiger partial charge in [-0.25, -0.2) is 0 Å². The molecule has 5 nitrogen and oxygen atoms in total. The van der Waals surface area contributed by atoms with Crippen molar-refractivity contribution in [3.05, 3.63) is 41.7 Å². The van der Waals surface area contributed by atoms with Crippen molar-refractivity contribution in [3.63, 3.8) is 0 Å². The first-order valence-electron chi connectivity index (χ1n) is 8.32. The number of rotatable bonds is 6. The fraction of sp³-hybridized carbons (Fsp3) is 0.474. The average Bonchev–Trinajstić information content (AvgIpc) is 3.22. The molecule has 1 saturated heterocycles. The van der Waals surface area contributed by atoms with E-state index in [2.05, 4.69) is 34.8 Å². The fourth-order valence-corrected chi connectivity index (χ4v) is 3.63. The first kappa shape index (κ1) is 16.7. The minimum Gasteiger partial charge on any atom is -0.493 e. The van der Waals surface area contributed by atoms with E-state index in [1.165, 1.54) is 24.1 Å². The predicted octanol–water partition coefficient (Wildman–Crippen LogP) is 3.39. The molecule has 24 heavy (non-hydrogen) atoms. The Bertz CT molecular complexity index is 671. The maximum atomic E-state index is 5.47. The standard InChI is InChI=1S/C19H26N2O3/c1-20-9-5-7-15(20)16-8-6-10-21(16)13-14-11-17(22-2)19(24-4)18(12-14)23-3/h5,7,9,11-12,16H,6,8,10,13H2,1-4H3. The Labute approximate surface area is 143 Å². The van der Waals surface area contributed by atoms with Crippen molar-refractivity contribution in [3.8, 4) is 17.2 Å². The maximum absolute atomic E-state index is 5.47. The zero-order chi connectivity index (χ0) is 17.1. The SMILES string of the molecule is COc1cc(CN2CCCC2c2cccn2C)cc(OC)c1OC. The summed E-state index contributed by atoms with van der Waals surface area (Å²) >= 11 is 0. The van der Waals surface area contributed by atoms with E-state index in [1.807, 2.05) is 12.1 Å². The molecule has 0 radical (unpaired) electrons. The van der Waals surface area contributed by atoms with Crippen LogP contribution in [0.4, 0.5) is 0 Å². The molecule has 2 aromatic rings. The summed E-state index contributed by atoms with van der Waals surface area (Å²) in [5.41, 5.74) is 2.55. The molecule has 0 aliphatic carbocycles. The molecule has 0 N–H and O–H groups in total. The average molecular weight is 330 g/mol. The van der Waals surface area contributed by atoms with Crippen LogP contribution in [0.5, 0.6) is 17.2 Å². The summed E-state index contributed by atoms with van der Waals surface area (Å²) < 4.78 is 18.6. The van der Waals surface area contributed by atoms with Gasteiger partial charge in [-0.05, 0) is 49.2 Å². The molecular weight excluding hydrogens is 304 g/mol. The Morgan fingerprint density at radius 1 is 1.08 bits per heavy atom. The molecule has 1 aromatic heterocycles. The number of aromatic nitrogens is 1. The van der Waals surface area contributed by atoms with Crippen LogP contribution in [0.2, 0.25) is 0 Å². The molecule has 1 atom stereocenters. The lowest BCUT2D eigenvalue weighted by atomic mass is 10.1. The highest BCUT2D eigenvalue weighted by Crippen LogP contribution is 2.40. The van der Waals surface area contributed by atoms with Crippen molar-refractivity contribution in [1.29, 1.82) is 0 Å². The first-order valence-corrected chi connectivity index (χ1v) is 8.32. The molecule has 0 spiro atoms. The summed E-state index contributed by atoms with van der Waals surface area (Å²) in [6, 6.07) is 8.89. The van der Waals surface area contributed by atoms with Crippen molar-refractivity contribution < 1.29 is 14.2 Å². The molecule has 1 aliphatic heterocycles. The summed E-state index contributed by atoms with van der Waals surface area (Å²) in [5, 5.41) is 0. The van der Waals surface area contributed by atoms with Gasteiger partial charge in [-0.3, -0.25) is 4.90 Å². The monoisotopic (exact) mass is 330 g/mol. The van der Waals surface area contributed by atoms with Crippen LogP contribution in [-0.4, -0.2) is 37.3 Å². The van der Waals surface area contributed by atoms with Gasteiger partial charge in [0.15, 0.2) is 11.5 Å². The van der Waals surface area contributed by atoms with Crippen LogP contribution in [0, 0.1) is 0 Å². The van der Waals surface area contributed by atoms with Gasteiger partial charge in [0.05, 0.1) is 27.4 Å². The van der Waals surface area contributed by atoms with Gasteiger partial charge in [-0.1, -0.05) is 0 Å². The summed E-state index contributed by atoms with van der Waals surface area (Å²) in [6.45, 7) is 1.97. The second kappa shape index (κ2) is 7.18. The molecule has 0 saturated carbocycles. The highest BCUT2D eigenvalue weighted by atomic mass is 16.5. The van der Waals surface area contributed by atoms with Gasteiger partial charge in [-0.2, -0.15) is 0 Å². The Morgan fingerprint density at radius 3 is 2.33 bits per heavy atom. The lowest BCUT2D eigenvalue weighted by Gasteiger charge is -2.26. The van der Waals surface area contributed by atoms with E-state index < -0.39 is 0 Å². The maximum Gasteiger partial charge on any atom is 0.203 e. The van der Waals surface area contributed by atoms with Crippen LogP contribution in [0.15, 0.2) is 30.5 Å². The third kappa shape index (κ3) is 3.08. The van der Waals surface area contributed by atoms with Crippen LogP contribution in [0.1, 0.15) is 30.1 Å². The van der Waals surface area contributed by atoms with Gasteiger partial charge >= 0.3 is 0 Å². The molecule has 0 amide bonds. The van der Waals surface area contributed by atoms with E-state index in [4.69, 9.17) is 14.2 Å². The Morgan fingerprint density at radius 2 is 1.79 bits per heavy atom. The molecule has 1 unspecified atom stereocenters. The number of aryl methyl sites for hydroxylation is 1. The van der Waals surface area contributed by atoms with Crippen molar-refractivity contribution in [2.75, 3.05) is 27.9 Å². The van der Waals surface area contributed by atoms with E-state index in [9.17, 15) is 0 Å². The Kier molecular flexibility index (Phi) is 5.00. The van der Waals surface area contributed by atoms with Crippen molar-refractivity contribution >= 4 is 0 Å². The second-order valence-electron chi connectivity index (χ2n) is 6.21. The fourth-order valence-electron chi connectivity index (χ4n) is 3.63. The van der Waals surface area contributed by atoms with Crippen LogP contribution in [0.25, 0.3) is 0 Å². The number of nitrogens with zero attached hydrogens (tertiary/aromatic N) is 2. The second-order valence-corrected chi connectivity index (χ2v) is 6.21. The number of hydrogen-bond donors (Lipinski definition) is 0. The molecule has 0 bridgehead atoms. The van der Waals surface area contributed by atoms with Crippen LogP contribution < -0.4 is 14.2 Å². The van der Waals surface area contributed by atoms with Gasteiger partial charge in [0.1, 0.15) is 0 Å². The van der Waals surface area contributed by atoms with E-state index >= 15 is 0 Å². The molecule has 5 heteroatoms. The molecule has 3 rings (SSSR count). The third-order valence-electron chi connectivity index (χ3n) is 4.80. The van der Waals surface area contributed by atoms with E-state index in [1.54, 1.807) is 21.3 Å². The Balaban J connectivity index is 1.86. The van der Waals surface area contributed by atoms with Crippen LogP contribution in [-0.2, 0) is 13.6 Å². The van der Waals surface area contributed by atoms with Gasteiger partial charge in [0.25, 0.3) is 0 Å². The summed E-state index contributed by atoms with van der Waals surface area (Å²) in [6.07, 6.45) is 4.54. The van der Waals surface area contributed by atoms with Crippen molar-refractivity contribution in [2.45, 2.75) is 25.4 Å². The molecule has 1 aliphatic rings. The molecule has 2 heterocycles. The molecule has 130 valence electrons. The number of methoxy groups -OCH3 is 3.